The molecule has 2 aromatic rings. The molecule has 2 rings (SSSR count). The standard InChI is InChI=1S/C15H15NO4/c17-9-7-11-4-1-2-6-13(11)20-10-12-5-3-8-16-14(12)15(18)19/h1-6,8,17H,7,9-10H2,(H,18,19). The molecule has 0 aliphatic carbocycles. The molecule has 0 saturated carbocycles. The highest BCUT2D eigenvalue weighted by atomic mass is 16.5. The summed E-state index contributed by atoms with van der Waals surface area (Å²) in [6, 6.07) is 10.7. The predicted molar refractivity (Wildman–Crippen MR) is 72.8 cm³/mol. The van der Waals surface area contributed by atoms with Crippen molar-refractivity contribution >= 4 is 5.97 Å². The highest BCUT2D eigenvalue weighted by Crippen LogP contribution is 2.20. The van der Waals surface area contributed by atoms with E-state index in [0.29, 0.717) is 17.7 Å². The molecule has 0 bridgehead atoms. The van der Waals surface area contributed by atoms with Crippen molar-refractivity contribution in [2.75, 3.05) is 6.61 Å². The molecule has 0 radical (unpaired) electrons. The van der Waals surface area contributed by atoms with Crippen molar-refractivity contribution in [3.8, 4) is 5.75 Å². The van der Waals surface area contributed by atoms with Crippen LogP contribution in [0.5, 0.6) is 5.75 Å². The van der Waals surface area contributed by atoms with E-state index in [1.807, 2.05) is 18.2 Å². The molecule has 5 nitrogen and oxygen atoms in total. The van der Waals surface area contributed by atoms with Crippen molar-refractivity contribution < 1.29 is 19.7 Å². The number of para-hydroxylation sites is 1. The zero-order valence-electron chi connectivity index (χ0n) is 10.8. The fourth-order valence-corrected chi connectivity index (χ4v) is 1.87. The van der Waals surface area contributed by atoms with E-state index in [0.717, 1.165) is 5.56 Å². The van der Waals surface area contributed by atoms with Crippen LogP contribution >= 0.6 is 0 Å². The highest BCUT2D eigenvalue weighted by molar-refractivity contribution is 5.86. The van der Waals surface area contributed by atoms with Crippen LogP contribution in [0.1, 0.15) is 21.6 Å². The van der Waals surface area contributed by atoms with Gasteiger partial charge in [0, 0.05) is 18.4 Å². The number of carbonyl (C=O) groups is 1. The molecule has 1 heterocycles. The topological polar surface area (TPSA) is 79.7 Å². The zero-order valence-corrected chi connectivity index (χ0v) is 10.8. The molecule has 0 atom stereocenters. The lowest BCUT2D eigenvalue weighted by Gasteiger charge is -2.11. The van der Waals surface area contributed by atoms with E-state index < -0.39 is 5.97 Å². The Kier molecular flexibility index (Phi) is 4.68. The lowest BCUT2D eigenvalue weighted by molar-refractivity contribution is 0.0687. The second-order valence-electron chi connectivity index (χ2n) is 4.19. The van der Waals surface area contributed by atoms with Crippen molar-refractivity contribution in [2.24, 2.45) is 0 Å². The van der Waals surface area contributed by atoms with Gasteiger partial charge in [-0.2, -0.15) is 0 Å². The van der Waals surface area contributed by atoms with Crippen LogP contribution in [0.4, 0.5) is 0 Å². The van der Waals surface area contributed by atoms with Gasteiger partial charge in [-0.1, -0.05) is 24.3 Å². The third-order valence-electron chi connectivity index (χ3n) is 2.83. The summed E-state index contributed by atoms with van der Waals surface area (Å²) in [6.07, 6.45) is 1.93. The first-order chi connectivity index (χ1) is 9.72. The van der Waals surface area contributed by atoms with Crippen molar-refractivity contribution in [3.05, 3.63) is 59.4 Å². The summed E-state index contributed by atoms with van der Waals surface area (Å²) >= 11 is 0. The Morgan fingerprint density at radius 2 is 1.90 bits per heavy atom. The first-order valence-corrected chi connectivity index (χ1v) is 6.21. The van der Waals surface area contributed by atoms with Gasteiger partial charge in [0.2, 0.25) is 0 Å². The fraction of sp³-hybridized carbons (Fsp3) is 0.200. The van der Waals surface area contributed by atoms with E-state index in [1.165, 1.54) is 6.20 Å². The maximum Gasteiger partial charge on any atom is 0.354 e. The Labute approximate surface area is 116 Å². The van der Waals surface area contributed by atoms with Crippen molar-refractivity contribution in [3.63, 3.8) is 0 Å². The van der Waals surface area contributed by atoms with Crippen LogP contribution < -0.4 is 4.74 Å². The summed E-state index contributed by atoms with van der Waals surface area (Å²) in [5.74, 6) is -0.436. The SMILES string of the molecule is O=C(O)c1ncccc1COc1ccccc1CCO. The Balaban J connectivity index is 2.15. The Morgan fingerprint density at radius 1 is 1.15 bits per heavy atom. The number of hydrogen-bond acceptors (Lipinski definition) is 4. The number of carboxylic acid groups (broad SMARTS) is 1. The van der Waals surface area contributed by atoms with Gasteiger partial charge in [0.25, 0.3) is 0 Å². The first kappa shape index (κ1) is 14.0. The fourth-order valence-electron chi connectivity index (χ4n) is 1.87. The molecular formula is C15H15NO4. The molecule has 0 spiro atoms. The lowest BCUT2D eigenvalue weighted by atomic mass is 10.1. The van der Waals surface area contributed by atoms with Crippen LogP contribution in [0.15, 0.2) is 42.6 Å². The van der Waals surface area contributed by atoms with Gasteiger partial charge >= 0.3 is 5.97 Å². The smallest absolute Gasteiger partial charge is 0.354 e. The maximum absolute atomic E-state index is 11.1. The molecule has 2 N–H and O–H groups in total. The molecular weight excluding hydrogens is 258 g/mol. The molecule has 5 heteroatoms. The Hall–Kier alpha value is -2.40. The van der Waals surface area contributed by atoms with E-state index in [2.05, 4.69) is 4.98 Å². The molecule has 104 valence electrons. The molecule has 0 amide bonds. The van der Waals surface area contributed by atoms with E-state index in [4.69, 9.17) is 14.9 Å². The second-order valence-corrected chi connectivity index (χ2v) is 4.19. The van der Waals surface area contributed by atoms with E-state index in [-0.39, 0.29) is 18.9 Å². The first-order valence-electron chi connectivity index (χ1n) is 6.21. The molecule has 20 heavy (non-hydrogen) atoms. The summed E-state index contributed by atoms with van der Waals surface area (Å²) in [7, 11) is 0. The van der Waals surface area contributed by atoms with Gasteiger partial charge in [-0.15, -0.1) is 0 Å². The molecule has 1 aromatic carbocycles. The third-order valence-corrected chi connectivity index (χ3v) is 2.83. The second kappa shape index (κ2) is 6.68. The van der Waals surface area contributed by atoms with Crippen LogP contribution in [-0.2, 0) is 13.0 Å². The van der Waals surface area contributed by atoms with Gasteiger partial charge < -0.3 is 14.9 Å². The molecule has 0 fully saturated rings. The number of rotatable bonds is 6. The van der Waals surface area contributed by atoms with E-state index in [1.54, 1.807) is 18.2 Å². The summed E-state index contributed by atoms with van der Waals surface area (Å²) < 4.78 is 5.65. The number of carboxylic acids is 1. The average Bonchev–Trinajstić information content (AvgIpc) is 2.47. The summed E-state index contributed by atoms with van der Waals surface area (Å²) in [4.78, 5) is 14.9. The van der Waals surface area contributed by atoms with Gasteiger partial charge in [0.1, 0.15) is 12.4 Å². The number of hydrogen-bond donors (Lipinski definition) is 2. The van der Waals surface area contributed by atoms with E-state index in [9.17, 15) is 4.79 Å². The lowest BCUT2D eigenvalue weighted by Crippen LogP contribution is -2.08. The Morgan fingerprint density at radius 3 is 2.65 bits per heavy atom. The minimum atomic E-state index is -1.08. The molecule has 0 aliphatic rings. The average molecular weight is 273 g/mol. The number of aliphatic hydroxyl groups is 1. The monoisotopic (exact) mass is 273 g/mol. The highest BCUT2D eigenvalue weighted by Gasteiger charge is 2.12. The number of pyridine rings is 1. The summed E-state index contributed by atoms with van der Waals surface area (Å²) in [5, 5.41) is 18.1. The molecule has 0 aliphatic heterocycles. The predicted octanol–water partition coefficient (Wildman–Crippen LogP) is 1.89. The molecule has 0 saturated heterocycles. The number of aromatic nitrogens is 1. The number of ether oxygens (including phenoxy) is 1. The number of aromatic carboxylic acids is 1. The normalized spacial score (nSPS) is 10.2. The van der Waals surface area contributed by atoms with Crippen LogP contribution in [0.25, 0.3) is 0 Å². The number of aliphatic hydroxyl groups excluding tert-OH is 1. The van der Waals surface area contributed by atoms with Gasteiger partial charge in [0.05, 0.1) is 0 Å². The van der Waals surface area contributed by atoms with Crippen molar-refractivity contribution in [1.82, 2.24) is 4.98 Å². The van der Waals surface area contributed by atoms with Gasteiger partial charge in [0.15, 0.2) is 5.69 Å². The number of benzene rings is 1. The zero-order chi connectivity index (χ0) is 14.4. The van der Waals surface area contributed by atoms with Crippen molar-refractivity contribution in [2.45, 2.75) is 13.0 Å². The molecule has 1 aromatic heterocycles. The largest absolute Gasteiger partial charge is 0.489 e. The number of nitrogens with zero attached hydrogens (tertiary/aromatic N) is 1. The van der Waals surface area contributed by atoms with Crippen molar-refractivity contribution in [1.29, 1.82) is 0 Å². The van der Waals surface area contributed by atoms with E-state index >= 15 is 0 Å². The minimum Gasteiger partial charge on any atom is -0.489 e. The third kappa shape index (κ3) is 3.33. The molecule has 0 unspecified atom stereocenters. The van der Waals surface area contributed by atoms with Gasteiger partial charge in [-0.25, -0.2) is 9.78 Å². The summed E-state index contributed by atoms with van der Waals surface area (Å²) in [6.45, 7) is 0.158. The van der Waals surface area contributed by atoms with Crippen LogP contribution in [0.2, 0.25) is 0 Å². The van der Waals surface area contributed by atoms with Crippen LogP contribution in [-0.4, -0.2) is 27.8 Å². The quantitative estimate of drug-likeness (QED) is 0.840. The Bertz CT molecular complexity index is 598. The van der Waals surface area contributed by atoms with Gasteiger partial charge in [-0.3, -0.25) is 0 Å². The summed E-state index contributed by atoms with van der Waals surface area (Å²) in [5.41, 5.74) is 1.39. The van der Waals surface area contributed by atoms with Crippen LogP contribution in [0.3, 0.4) is 0 Å². The maximum atomic E-state index is 11.1. The van der Waals surface area contributed by atoms with Crippen LogP contribution in [0, 0.1) is 0 Å². The van der Waals surface area contributed by atoms with Gasteiger partial charge in [-0.05, 0) is 24.1 Å². The minimum absolute atomic E-state index is 0.00728.